The second-order valence-electron chi connectivity index (χ2n) is 4.15. The number of ether oxygens (including phenoxy) is 3. The standard InChI is InChI=1S/C17H19O3/c1-3-18-15-11-8-12-16(19-4-2)17(15)20-13-14-9-6-5-7-10-14/h5-7,9-12H,3-4,13H2,1-2H3. The van der Waals surface area contributed by atoms with Crippen molar-refractivity contribution in [1.82, 2.24) is 0 Å². The van der Waals surface area contributed by atoms with E-state index in [1.165, 1.54) is 0 Å². The highest BCUT2D eigenvalue weighted by Crippen LogP contribution is 2.37. The van der Waals surface area contributed by atoms with Crippen molar-refractivity contribution in [2.24, 2.45) is 0 Å². The largest absolute Gasteiger partial charge is 0.490 e. The zero-order chi connectivity index (χ0) is 14.2. The van der Waals surface area contributed by atoms with Gasteiger partial charge < -0.3 is 14.2 Å². The molecule has 0 spiro atoms. The van der Waals surface area contributed by atoms with Gasteiger partial charge in [-0.2, -0.15) is 0 Å². The Labute approximate surface area is 120 Å². The van der Waals surface area contributed by atoms with E-state index >= 15 is 0 Å². The molecule has 3 nitrogen and oxygen atoms in total. The normalized spacial score (nSPS) is 10.1. The van der Waals surface area contributed by atoms with Gasteiger partial charge in [0.2, 0.25) is 5.75 Å². The molecule has 0 fully saturated rings. The molecule has 0 bridgehead atoms. The summed E-state index contributed by atoms with van der Waals surface area (Å²) < 4.78 is 17.0. The van der Waals surface area contributed by atoms with Gasteiger partial charge in [-0.15, -0.1) is 0 Å². The zero-order valence-corrected chi connectivity index (χ0v) is 11.9. The van der Waals surface area contributed by atoms with Gasteiger partial charge in [0.1, 0.15) is 6.61 Å². The van der Waals surface area contributed by atoms with Crippen LogP contribution in [-0.4, -0.2) is 13.2 Å². The fourth-order valence-corrected chi connectivity index (χ4v) is 1.84. The molecule has 0 aliphatic rings. The highest BCUT2D eigenvalue weighted by molar-refractivity contribution is 5.50. The minimum absolute atomic E-state index is 0.477. The van der Waals surface area contributed by atoms with Gasteiger partial charge in [-0.25, -0.2) is 0 Å². The van der Waals surface area contributed by atoms with Crippen molar-refractivity contribution in [2.45, 2.75) is 20.5 Å². The SMILES string of the molecule is CCOc1c[c]cc(OCC)c1OCc1ccccc1. The molecule has 0 aliphatic carbocycles. The van der Waals surface area contributed by atoms with Gasteiger partial charge in [0, 0.05) is 0 Å². The van der Waals surface area contributed by atoms with Crippen molar-refractivity contribution in [3.8, 4) is 17.2 Å². The first kappa shape index (κ1) is 14.3. The quantitative estimate of drug-likeness (QED) is 0.765. The Kier molecular flexibility index (Phi) is 5.30. The maximum Gasteiger partial charge on any atom is 0.203 e. The molecule has 2 aromatic carbocycles. The van der Waals surface area contributed by atoms with Gasteiger partial charge in [-0.1, -0.05) is 30.3 Å². The number of hydrogen-bond acceptors (Lipinski definition) is 3. The smallest absolute Gasteiger partial charge is 0.203 e. The first-order valence-electron chi connectivity index (χ1n) is 6.81. The lowest BCUT2D eigenvalue weighted by molar-refractivity contribution is 0.245. The average Bonchev–Trinajstić information content (AvgIpc) is 2.48. The molecular formula is C17H19O3. The van der Waals surface area contributed by atoms with Crippen molar-refractivity contribution in [3.05, 3.63) is 54.1 Å². The molecule has 0 aliphatic heterocycles. The molecular weight excluding hydrogens is 252 g/mol. The maximum absolute atomic E-state index is 5.89. The topological polar surface area (TPSA) is 27.7 Å². The summed E-state index contributed by atoms with van der Waals surface area (Å²) in [6, 6.07) is 16.6. The Hall–Kier alpha value is -2.16. The van der Waals surface area contributed by atoms with Gasteiger partial charge in [0.05, 0.1) is 13.2 Å². The third kappa shape index (κ3) is 3.67. The summed E-state index contributed by atoms with van der Waals surface area (Å²) in [4.78, 5) is 0. The van der Waals surface area contributed by atoms with Crippen LogP contribution in [0.4, 0.5) is 0 Å². The van der Waals surface area contributed by atoms with E-state index in [-0.39, 0.29) is 0 Å². The van der Waals surface area contributed by atoms with E-state index in [0.717, 1.165) is 5.56 Å². The van der Waals surface area contributed by atoms with Gasteiger partial charge >= 0.3 is 0 Å². The Bertz CT molecular complexity index is 499. The fraction of sp³-hybridized carbons (Fsp3) is 0.294. The van der Waals surface area contributed by atoms with E-state index < -0.39 is 0 Å². The summed E-state index contributed by atoms with van der Waals surface area (Å²) in [5.74, 6) is 1.96. The molecule has 0 saturated heterocycles. The molecule has 0 atom stereocenters. The van der Waals surface area contributed by atoms with Gasteiger partial charge in [0.25, 0.3) is 0 Å². The van der Waals surface area contributed by atoms with E-state index in [1.54, 1.807) is 12.1 Å². The van der Waals surface area contributed by atoms with Gasteiger partial charge in [-0.3, -0.25) is 0 Å². The summed E-state index contributed by atoms with van der Waals surface area (Å²) in [7, 11) is 0. The lowest BCUT2D eigenvalue weighted by atomic mass is 10.2. The molecule has 0 unspecified atom stereocenters. The molecule has 2 aromatic rings. The van der Waals surface area contributed by atoms with Gasteiger partial charge in [-0.05, 0) is 37.6 Å². The third-order valence-corrected chi connectivity index (χ3v) is 2.70. The first-order chi connectivity index (χ1) is 9.85. The van der Waals surface area contributed by atoms with Crippen LogP contribution in [0.1, 0.15) is 19.4 Å². The summed E-state index contributed by atoms with van der Waals surface area (Å²) >= 11 is 0. The Morgan fingerprint density at radius 2 is 1.45 bits per heavy atom. The zero-order valence-electron chi connectivity index (χ0n) is 11.9. The van der Waals surface area contributed by atoms with Crippen molar-refractivity contribution < 1.29 is 14.2 Å². The van der Waals surface area contributed by atoms with E-state index in [2.05, 4.69) is 6.07 Å². The van der Waals surface area contributed by atoms with E-state index in [9.17, 15) is 0 Å². The average molecular weight is 271 g/mol. The highest BCUT2D eigenvalue weighted by atomic mass is 16.5. The van der Waals surface area contributed by atoms with E-state index in [4.69, 9.17) is 14.2 Å². The van der Waals surface area contributed by atoms with Crippen LogP contribution in [-0.2, 0) is 6.61 Å². The molecule has 0 N–H and O–H groups in total. The second kappa shape index (κ2) is 7.43. The monoisotopic (exact) mass is 271 g/mol. The third-order valence-electron chi connectivity index (χ3n) is 2.70. The number of hydrogen-bond donors (Lipinski definition) is 0. The van der Waals surface area contributed by atoms with Gasteiger partial charge in [0.15, 0.2) is 11.5 Å². The van der Waals surface area contributed by atoms with Crippen molar-refractivity contribution in [1.29, 1.82) is 0 Å². The summed E-state index contributed by atoms with van der Waals surface area (Å²) in [5, 5.41) is 0. The van der Waals surface area contributed by atoms with Crippen LogP contribution in [0.3, 0.4) is 0 Å². The number of rotatable bonds is 7. The molecule has 20 heavy (non-hydrogen) atoms. The first-order valence-corrected chi connectivity index (χ1v) is 6.81. The lowest BCUT2D eigenvalue weighted by Gasteiger charge is -2.15. The van der Waals surface area contributed by atoms with Crippen LogP contribution in [0.2, 0.25) is 0 Å². The van der Waals surface area contributed by atoms with Crippen molar-refractivity contribution >= 4 is 0 Å². The molecule has 3 heteroatoms. The highest BCUT2D eigenvalue weighted by Gasteiger charge is 2.12. The molecule has 0 heterocycles. The van der Waals surface area contributed by atoms with Crippen molar-refractivity contribution in [3.63, 3.8) is 0 Å². The number of benzene rings is 2. The van der Waals surface area contributed by atoms with Crippen LogP contribution in [0.25, 0.3) is 0 Å². The van der Waals surface area contributed by atoms with Crippen LogP contribution in [0.5, 0.6) is 17.2 Å². The lowest BCUT2D eigenvalue weighted by Crippen LogP contribution is -2.02. The predicted octanol–water partition coefficient (Wildman–Crippen LogP) is 3.86. The Balaban J connectivity index is 2.18. The molecule has 0 aromatic heterocycles. The molecule has 105 valence electrons. The van der Waals surface area contributed by atoms with Crippen LogP contribution in [0.15, 0.2) is 42.5 Å². The Morgan fingerprint density at radius 3 is 2.00 bits per heavy atom. The minimum atomic E-state index is 0.477. The predicted molar refractivity (Wildman–Crippen MR) is 78.4 cm³/mol. The molecule has 2 rings (SSSR count). The molecule has 0 saturated carbocycles. The van der Waals surface area contributed by atoms with Crippen molar-refractivity contribution in [2.75, 3.05) is 13.2 Å². The maximum atomic E-state index is 5.89. The molecule has 0 amide bonds. The summed E-state index contributed by atoms with van der Waals surface area (Å²) in [6.45, 7) is 5.50. The summed E-state index contributed by atoms with van der Waals surface area (Å²) in [5.41, 5.74) is 1.10. The van der Waals surface area contributed by atoms with E-state index in [1.807, 2.05) is 44.2 Å². The second-order valence-corrected chi connectivity index (χ2v) is 4.15. The van der Waals surface area contributed by atoms with Crippen LogP contribution >= 0.6 is 0 Å². The minimum Gasteiger partial charge on any atom is -0.490 e. The summed E-state index contributed by atoms with van der Waals surface area (Å²) in [6.07, 6.45) is 0. The fourth-order valence-electron chi connectivity index (χ4n) is 1.84. The van der Waals surface area contributed by atoms with Crippen LogP contribution < -0.4 is 14.2 Å². The van der Waals surface area contributed by atoms with Crippen LogP contribution in [0, 0.1) is 6.07 Å². The Morgan fingerprint density at radius 1 is 0.850 bits per heavy atom. The molecule has 1 radical (unpaired) electrons. The van der Waals surface area contributed by atoms with E-state index in [0.29, 0.717) is 37.1 Å².